The maximum Gasteiger partial charge on any atom is 0.333 e. The number of halogens is 3. The van der Waals surface area contributed by atoms with E-state index in [1.54, 1.807) is 0 Å². The first-order valence-corrected chi connectivity index (χ1v) is 7.58. The largest absolute Gasteiger partial charge is 0.467 e. The minimum absolute atomic E-state index is 0.0555. The first-order valence-electron chi connectivity index (χ1n) is 7.58. The molecule has 2 atom stereocenters. The number of amides is 1. The Kier molecular flexibility index (Phi) is 6.81. The number of rotatable bonds is 6. The van der Waals surface area contributed by atoms with Crippen LogP contribution in [0.25, 0.3) is 0 Å². The molecular weight excluding hydrogens is 323 g/mol. The Morgan fingerprint density at radius 2 is 1.62 bits per heavy atom. The van der Waals surface area contributed by atoms with Gasteiger partial charge in [0.1, 0.15) is 0 Å². The summed E-state index contributed by atoms with van der Waals surface area (Å²) in [5.74, 6) is -5.44. The molecule has 134 valence electrons. The Hall–Kier alpha value is -2.05. The number of esters is 1. The summed E-state index contributed by atoms with van der Waals surface area (Å²) >= 11 is 0. The van der Waals surface area contributed by atoms with Crippen LogP contribution in [-0.2, 0) is 14.3 Å². The zero-order valence-electron chi connectivity index (χ0n) is 14.4. The van der Waals surface area contributed by atoms with Crippen LogP contribution in [0.3, 0.4) is 0 Å². The zero-order chi connectivity index (χ0) is 18.6. The van der Waals surface area contributed by atoms with Crippen LogP contribution in [0.4, 0.5) is 13.2 Å². The maximum atomic E-state index is 13.5. The van der Waals surface area contributed by atoms with Gasteiger partial charge in [0, 0.05) is 13.5 Å². The molecule has 24 heavy (non-hydrogen) atoms. The highest BCUT2D eigenvalue weighted by molar-refractivity contribution is 5.85. The van der Waals surface area contributed by atoms with Crippen LogP contribution in [0.5, 0.6) is 0 Å². The van der Waals surface area contributed by atoms with E-state index in [1.807, 2.05) is 20.8 Å². The molecule has 0 saturated heterocycles. The molecule has 7 heteroatoms. The molecule has 1 aromatic rings. The lowest BCUT2D eigenvalue weighted by atomic mass is 9.93. The van der Waals surface area contributed by atoms with E-state index < -0.39 is 29.5 Å². The predicted molar refractivity (Wildman–Crippen MR) is 82.5 cm³/mol. The van der Waals surface area contributed by atoms with Crippen LogP contribution in [0, 0.1) is 29.3 Å². The summed E-state index contributed by atoms with van der Waals surface area (Å²) in [4.78, 5) is 25.5. The van der Waals surface area contributed by atoms with Crippen LogP contribution in [0.15, 0.2) is 12.1 Å². The molecule has 0 aliphatic rings. The van der Waals surface area contributed by atoms with Crippen molar-refractivity contribution in [1.82, 2.24) is 4.90 Å². The molecule has 4 nitrogen and oxygen atoms in total. The number of methoxy groups -OCH3 is 1. The monoisotopic (exact) mass is 345 g/mol. The zero-order valence-corrected chi connectivity index (χ0v) is 14.4. The standard InChI is InChI=1S/C17H22F3NO3/c1-9(2)10(3)6-14(22)21(4)16(17(23)24-5)11-7-12(18)15(20)13(19)8-11/h7-10,16H,6H2,1-5H3. The van der Waals surface area contributed by atoms with Crippen LogP contribution in [0.1, 0.15) is 38.8 Å². The molecule has 0 spiro atoms. The van der Waals surface area contributed by atoms with Gasteiger partial charge >= 0.3 is 5.97 Å². The molecule has 0 fully saturated rings. The summed E-state index contributed by atoms with van der Waals surface area (Å²) in [6.07, 6.45) is 0.161. The minimum Gasteiger partial charge on any atom is -0.467 e. The minimum atomic E-state index is -1.63. The Morgan fingerprint density at radius 3 is 2.04 bits per heavy atom. The molecule has 0 heterocycles. The van der Waals surface area contributed by atoms with Crippen molar-refractivity contribution in [1.29, 1.82) is 0 Å². The molecule has 0 bridgehead atoms. The molecule has 0 aliphatic carbocycles. The van der Waals surface area contributed by atoms with Crippen LogP contribution in [-0.4, -0.2) is 30.9 Å². The molecular formula is C17H22F3NO3. The van der Waals surface area contributed by atoms with E-state index in [9.17, 15) is 22.8 Å². The van der Waals surface area contributed by atoms with Crippen molar-refractivity contribution in [2.75, 3.05) is 14.2 Å². The van der Waals surface area contributed by atoms with Gasteiger partial charge in [0.25, 0.3) is 0 Å². The molecule has 0 saturated carbocycles. The van der Waals surface area contributed by atoms with Crippen molar-refractivity contribution >= 4 is 11.9 Å². The van der Waals surface area contributed by atoms with Gasteiger partial charge in [-0.2, -0.15) is 0 Å². The van der Waals surface area contributed by atoms with E-state index >= 15 is 0 Å². The lowest BCUT2D eigenvalue weighted by Crippen LogP contribution is -2.37. The number of likely N-dealkylation sites (N-methyl/N-ethyl adjacent to an activating group) is 1. The summed E-state index contributed by atoms with van der Waals surface area (Å²) in [6, 6.07) is 0.0251. The van der Waals surface area contributed by atoms with E-state index in [0.717, 1.165) is 12.0 Å². The number of nitrogens with zero attached hydrogens (tertiary/aromatic N) is 1. The quantitative estimate of drug-likeness (QED) is 0.586. The number of benzene rings is 1. The smallest absolute Gasteiger partial charge is 0.333 e. The van der Waals surface area contributed by atoms with Crippen molar-refractivity contribution in [2.45, 2.75) is 33.2 Å². The Labute approximate surface area is 139 Å². The number of hydrogen-bond donors (Lipinski definition) is 0. The van der Waals surface area contributed by atoms with Crippen LogP contribution in [0.2, 0.25) is 0 Å². The Morgan fingerprint density at radius 1 is 1.12 bits per heavy atom. The van der Waals surface area contributed by atoms with E-state index in [-0.39, 0.29) is 29.7 Å². The van der Waals surface area contributed by atoms with Gasteiger partial charge in [0.05, 0.1) is 7.11 Å². The predicted octanol–water partition coefficient (Wildman–Crippen LogP) is 3.46. The first-order chi connectivity index (χ1) is 11.1. The molecule has 1 rings (SSSR count). The van der Waals surface area contributed by atoms with Gasteiger partial charge in [-0.05, 0) is 29.5 Å². The van der Waals surface area contributed by atoms with Crippen molar-refractivity contribution in [2.24, 2.45) is 11.8 Å². The lowest BCUT2D eigenvalue weighted by molar-refractivity contribution is -0.152. The van der Waals surface area contributed by atoms with Crippen molar-refractivity contribution < 1.29 is 27.5 Å². The van der Waals surface area contributed by atoms with Crippen LogP contribution >= 0.6 is 0 Å². The third-order valence-electron chi connectivity index (χ3n) is 4.16. The van der Waals surface area contributed by atoms with Gasteiger partial charge < -0.3 is 9.64 Å². The third-order valence-corrected chi connectivity index (χ3v) is 4.16. The summed E-state index contributed by atoms with van der Waals surface area (Å²) in [6.45, 7) is 5.81. The molecule has 0 aliphatic heterocycles. The highest BCUT2D eigenvalue weighted by Crippen LogP contribution is 2.26. The van der Waals surface area contributed by atoms with Gasteiger partial charge in [0.2, 0.25) is 5.91 Å². The summed E-state index contributed by atoms with van der Waals surface area (Å²) in [7, 11) is 2.44. The van der Waals surface area contributed by atoms with Gasteiger partial charge in [-0.15, -0.1) is 0 Å². The summed E-state index contributed by atoms with van der Waals surface area (Å²) in [5.41, 5.74) is -0.189. The lowest BCUT2D eigenvalue weighted by Gasteiger charge is -2.28. The second-order valence-electron chi connectivity index (χ2n) is 6.15. The Bertz CT molecular complexity index is 596. The topological polar surface area (TPSA) is 46.6 Å². The van der Waals surface area contributed by atoms with E-state index in [4.69, 9.17) is 0 Å². The van der Waals surface area contributed by atoms with Crippen LogP contribution < -0.4 is 0 Å². The molecule has 1 amide bonds. The highest BCUT2D eigenvalue weighted by Gasteiger charge is 2.32. The summed E-state index contributed by atoms with van der Waals surface area (Å²) < 4.78 is 44.7. The molecule has 0 N–H and O–H groups in total. The summed E-state index contributed by atoms with van der Waals surface area (Å²) in [5, 5.41) is 0. The molecule has 2 unspecified atom stereocenters. The van der Waals surface area contributed by atoms with Gasteiger partial charge in [0.15, 0.2) is 23.5 Å². The molecule has 0 radical (unpaired) electrons. The molecule has 0 aromatic heterocycles. The van der Waals surface area contributed by atoms with Crippen molar-refractivity contribution in [3.63, 3.8) is 0 Å². The fraction of sp³-hybridized carbons (Fsp3) is 0.529. The van der Waals surface area contributed by atoms with E-state index in [0.29, 0.717) is 12.1 Å². The average molecular weight is 345 g/mol. The number of ether oxygens (including phenoxy) is 1. The second-order valence-corrected chi connectivity index (χ2v) is 6.15. The van der Waals surface area contributed by atoms with E-state index in [1.165, 1.54) is 7.05 Å². The number of hydrogen-bond acceptors (Lipinski definition) is 3. The SMILES string of the molecule is COC(=O)C(c1cc(F)c(F)c(F)c1)N(C)C(=O)CC(C)C(C)C. The fourth-order valence-electron chi connectivity index (χ4n) is 2.16. The van der Waals surface area contributed by atoms with E-state index in [2.05, 4.69) is 4.74 Å². The maximum absolute atomic E-state index is 13.5. The Balaban J connectivity index is 3.18. The normalized spacial score (nSPS) is 13.5. The molecule has 1 aromatic carbocycles. The highest BCUT2D eigenvalue weighted by atomic mass is 19.2. The number of carbonyl (C=O) groups excluding carboxylic acids is 2. The van der Waals surface area contributed by atoms with Gasteiger partial charge in [-0.1, -0.05) is 20.8 Å². The van der Waals surface area contributed by atoms with Gasteiger partial charge in [-0.25, -0.2) is 18.0 Å². The van der Waals surface area contributed by atoms with Crippen molar-refractivity contribution in [3.05, 3.63) is 35.1 Å². The number of carbonyl (C=O) groups is 2. The average Bonchev–Trinajstić information content (AvgIpc) is 2.51. The van der Waals surface area contributed by atoms with Gasteiger partial charge in [-0.3, -0.25) is 4.79 Å². The van der Waals surface area contributed by atoms with Crippen molar-refractivity contribution in [3.8, 4) is 0 Å². The first kappa shape index (κ1) is 20.0. The third kappa shape index (κ3) is 4.49. The second kappa shape index (κ2) is 8.17. The fourth-order valence-corrected chi connectivity index (χ4v) is 2.16.